The summed E-state index contributed by atoms with van der Waals surface area (Å²) in [6.45, 7) is 1.40. The lowest BCUT2D eigenvalue weighted by Crippen LogP contribution is -2.39. The lowest BCUT2D eigenvalue weighted by atomic mass is 10.1. The van der Waals surface area contributed by atoms with Crippen molar-refractivity contribution in [1.82, 2.24) is 15.0 Å². The summed E-state index contributed by atoms with van der Waals surface area (Å²) in [4.78, 5) is 15.6. The van der Waals surface area contributed by atoms with Gasteiger partial charge in [-0.2, -0.15) is 0 Å². The molecule has 6 nitrogen and oxygen atoms in total. The van der Waals surface area contributed by atoms with Crippen LogP contribution in [0.2, 0.25) is 0 Å². The molecule has 1 saturated heterocycles. The molecule has 0 unspecified atom stereocenters. The molecule has 3 aromatic rings. The molecule has 1 aliphatic heterocycles. The Morgan fingerprint density at radius 2 is 2.12 bits per heavy atom. The zero-order valence-electron chi connectivity index (χ0n) is 13.2. The molecule has 0 amide bonds. The maximum Gasteiger partial charge on any atom is 0.226 e. The van der Waals surface area contributed by atoms with Crippen LogP contribution in [0.3, 0.4) is 0 Å². The van der Waals surface area contributed by atoms with Crippen molar-refractivity contribution in [2.75, 3.05) is 18.0 Å². The van der Waals surface area contributed by atoms with Gasteiger partial charge in [-0.05, 0) is 37.1 Å². The largest absolute Gasteiger partial charge is 0.463 e. The Morgan fingerprint density at radius 1 is 1.17 bits per heavy atom. The van der Waals surface area contributed by atoms with Gasteiger partial charge in [0.1, 0.15) is 5.69 Å². The van der Waals surface area contributed by atoms with Crippen molar-refractivity contribution in [3.8, 4) is 22.7 Å². The summed E-state index contributed by atoms with van der Waals surface area (Å²) in [5.41, 5.74) is 2.34. The fourth-order valence-corrected chi connectivity index (χ4v) is 2.97. The average molecular weight is 322 g/mol. The zero-order valence-corrected chi connectivity index (χ0v) is 13.2. The number of furan rings is 1. The Morgan fingerprint density at radius 3 is 2.88 bits per heavy atom. The molecule has 0 saturated carbocycles. The number of aliphatic hydroxyl groups excluding tert-OH is 1. The van der Waals surface area contributed by atoms with E-state index in [-0.39, 0.29) is 6.10 Å². The van der Waals surface area contributed by atoms with Gasteiger partial charge in [0, 0.05) is 31.0 Å². The predicted molar refractivity (Wildman–Crippen MR) is 90.4 cm³/mol. The van der Waals surface area contributed by atoms with Crippen LogP contribution in [0.5, 0.6) is 0 Å². The van der Waals surface area contributed by atoms with E-state index in [1.54, 1.807) is 18.7 Å². The SMILES string of the molecule is O[C@H]1CCCN(c2ncc(-c3ccccn3)c(-c3ccco3)n2)C1. The van der Waals surface area contributed by atoms with E-state index in [4.69, 9.17) is 9.40 Å². The van der Waals surface area contributed by atoms with Crippen LogP contribution in [0.25, 0.3) is 22.7 Å². The molecule has 4 heterocycles. The monoisotopic (exact) mass is 322 g/mol. The molecular formula is C18H18N4O2. The molecule has 0 aromatic carbocycles. The molecule has 24 heavy (non-hydrogen) atoms. The van der Waals surface area contributed by atoms with Crippen molar-refractivity contribution in [3.05, 3.63) is 49.0 Å². The number of aliphatic hydroxyl groups is 1. The van der Waals surface area contributed by atoms with Crippen molar-refractivity contribution in [2.45, 2.75) is 18.9 Å². The Labute approximate surface area is 139 Å². The Kier molecular flexibility index (Phi) is 3.96. The molecule has 1 fully saturated rings. The molecule has 0 bridgehead atoms. The summed E-state index contributed by atoms with van der Waals surface area (Å²) >= 11 is 0. The lowest BCUT2D eigenvalue weighted by molar-refractivity contribution is 0.153. The van der Waals surface area contributed by atoms with E-state index in [0.29, 0.717) is 23.9 Å². The van der Waals surface area contributed by atoms with Gasteiger partial charge in [-0.15, -0.1) is 0 Å². The lowest BCUT2D eigenvalue weighted by Gasteiger charge is -2.30. The van der Waals surface area contributed by atoms with Crippen LogP contribution in [-0.2, 0) is 0 Å². The molecular weight excluding hydrogens is 304 g/mol. The first-order valence-electron chi connectivity index (χ1n) is 8.06. The van der Waals surface area contributed by atoms with Crippen molar-refractivity contribution in [2.24, 2.45) is 0 Å². The van der Waals surface area contributed by atoms with Gasteiger partial charge in [-0.25, -0.2) is 9.97 Å². The van der Waals surface area contributed by atoms with Gasteiger partial charge in [0.15, 0.2) is 5.76 Å². The third kappa shape index (κ3) is 2.88. The van der Waals surface area contributed by atoms with E-state index >= 15 is 0 Å². The summed E-state index contributed by atoms with van der Waals surface area (Å²) in [7, 11) is 0. The topological polar surface area (TPSA) is 75.3 Å². The van der Waals surface area contributed by atoms with E-state index in [1.807, 2.05) is 35.2 Å². The zero-order chi connectivity index (χ0) is 16.4. The summed E-state index contributed by atoms with van der Waals surface area (Å²) in [6, 6.07) is 9.45. The Bertz CT molecular complexity index is 805. The van der Waals surface area contributed by atoms with Gasteiger partial charge in [-0.1, -0.05) is 6.07 Å². The minimum atomic E-state index is -0.329. The van der Waals surface area contributed by atoms with Crippen LogP contribution in [0.4, 0.5) is 5.95 Å². The third-order valence-electron chi connectivity index (χ3n) is 4.15. The average Bonchev–Trinajstić information content (AvgIpc) is 3.16. The van der Waals surface area contributed by atoms with Crippen LogP contribution in [-0.4, -0.2) is 39.3 Å². The number of aromatic nitrogens is 3. The van der Waals surface area contributed by atoms with Crippen molar-refractivity contribution in [1.29, 1.82) is 0 Å². The van der Waals surface area contributed by atoms with E-state index in [9.17, 15) is 5.11 Å². The molecule has 0 aliphatic carbocycles. The number of β-amino-alcohol motifs (C(OH)–C–C–N with tert-alkyl or cyclic N) is 1. The van der Waals surface area contributed by atoms with Gasteiger partial charge < -0.3 is 14.4 Å². The van der Waals surface area contributed by atoms with Gasteiger partial charge in [0.25, 0.3) is 0 Å². The highest BCUT2D eigenvalue weighted by Gasteiger charge is 2.22. The maximum absolute atomic E-state index is 9.90. The van der Waals surface area contributed by atoms with Crippen molar-refractivity contribution >= 4 is 5.95 Å². The normalized spacial score (nSPS) is 17.9. The van der Waals surface area contributed by atoms with Gasteiger partial charge in [0.2, 0.25) is 5.95 Å². The predicted octanol–water partition coefficient (Wildman–Crippen LogP) is 2.76. The molecule has 1 atom stereocenters. The molecule has 0 radical (unpaired) electrons. The van der Waals surface area contributed by atoms with Crippen molar-refractivity contribution < 1.29 is 9.52 Å². The minimum Gasteiger partial charge on any atom is -0.463 e. The quantitative estimate of drug-likeness (QED) is 0.799. The first-order chi connectivity index (χ1) is 11.8. The maximum atomic E-state index is 9.90. The van der Waals surface area contributed by atoms with Gasteiger partial charge in [0.05, 0.1) is 18.1 Å². The summed E-state index contributed by atoms with van der Waals surface area (Å²) in [6.07, 6.45) is 6.59. The van der Waals surface area contributed by atoms with E-state index in [2.05, 4.69) is 9.97 Å². The fourth-order valence-electron chi connectivity index (χ4n) is 2.97. The Balaban J connectivity index is 1.78. The van der Waals surface area contributed by atoms with Crippen LogP contribution >= 0.6 is 0 Å². The molecule has 0 spiro atoms. The number of hydrogen-bond acceptors (Lipinski definition) is 6. The molecule has 1 aliphatic rings. The highest BCUT2D eigenvalue weighted by molar-refractivity contribution is 5.76. The molecule has 4 rings (SSSR count). The second kappa shape index (κ2) is 6.41. The second-order valence-electron chi connectivity index (χ2n) is 5.87. The highest BCUT2D eigenvalue weighted by Crippen LogP contribution is 2.31. The first kappa shape index (κ1) is 14.8. The standard InChI is InChI=1S/C18H18N4O2/c23-13-5-3-9-22(12-13)18-20-11-14(15-6-1-2-8-19-15)17(21-18)16-7-4-10-24-16/h1-2,4,6-8,10-11,13,23H,3,5,9,12H2/t13-/m0/s1. The number of hydrogen-bond donors (Lipinski definition) is 1. The van der Waals surface area contributed by atoms with E-state index in [1.165, 1.54) is 0 Å². The summed E-state index contributed by atoms with van der Waals surface area (Å²) in [5.74, 6) is 1.29. The van der Waals surface area contributed by atoms with Crippen molar-refractivity contribution in [3.63, 3.8) is 0 Å². The smallest absolute Gasteiger partial charge is 0.226 e. The van der Waals surface area contributed by atoms with Crippen LogP contribution in [0.1, 0.15) is 12.8 Å². The number of anilines is 1. The molecule has 122 valence electrons. The van der Waals surface area contributed by atoms with E-state index < -0.39 is 0 Å². The highest BCUT2D eigenvalue weighted by atomic mass is 16.3. The number of rotatable bonds is 3. The third-order valence-corrected chi connectivity index (χ3v) is 4.15. The molecule has 3 aromatic heterocycles. The van der Waals surface area contributed by atoms with Gasteiger partial charge >= 0.3 is 0 Å². The van der Waals surface area contributed by atoms with E-state index in [0.717, 1.165) is 30.6 Å². The molecule has 6 heteroatoms. The van der Waals surface area contributed by atoms with Gasteiger partial charge in [-0.3, -0.25) is 4.98 Å². The number of nitrogens with zero attached hydrogens (tertiary/aromatic N) is 4. The Hall–Kier alpha value is -2.73. The number of pyridine rings is 1. The fraction of sp³-hybridized carbons (Fsp3) is 0.278. The van der Waals surface area contributed by atoms with Crippen LogP contribution in [0, 0.1) is 0 Å². The number of piperidine rings is 1. The summed E-state index contributed by atoms with van der Waals surface area (Å²) in [5, 5.41) is 9.90. The van der Waals surface area contributed by atoms with Crippen LogP contribution < -0.4 is 4.90 Å². The van der Waals surface area contributed by atoms with Crippen LogP contribution in [0.15, 0.2) is 53.4 Å². The second-order valence-corrected chi connectivity index (χ2v) is 5.87. The summed E-state index contributed by atoms with van der Waals surface area (Å²) < 4.78 is 5.56. The first-order valence-corrected chi connectivity index (χ1v) is 8.06. The molecule has 1 N–H and O–H groups in total. The minimum absolute atomic E-state index is 0.329.